The van der Waals surface area contributed by atoms with Crippen LogP contribution in [0.4, 0.5) is 0 Å². The number of rotatable bonds is 6. The van der Waals surface area contributed by atoms with E-state index in [4.69, 9.17) is 4.98 Å². The Hall–Kier alpha value is -4.16. The Morgan fingerprint density at radius 1 is 1.03 bits per heavy atom. The summed E-state index contributed by atoms with van der Waals surface area (Å²) < 4.78 is 31.8. The second-order valence-electron chi connectivity index (χ2n) is 9.40. The summed E-state index contributed by atoms with van der Waals surface area (Å²) in [7, 11) is -1.86. The molecule has 0 aliphatic carbocycles. The first-order valence-electron chi connectivity index (χ1n) is 12.4. The summed E-state index contributed by atoms with van der Waals surface area (Å²) in [4.78, 5) is 20.6. The summed E-state index contributed by atoms with van der Waals surface area (Å²) in [5.74, 6) is 0.453. The predicted molar refractivity (Wildman–Crippen MR) is 141 cm³/mol. The van der Waals surface area contributed by atoms with Crippen LogP contribution in [-0.4, -0.2) is 60.6 Å². The highest BCUT2D eigenvalue weighted by molar-refractivity contribution is 7.89. The molecule has 1 N–H and O–H groups in total. The van der Waals surface area contributed by atoms with E-state index in [-0.39, 0.29) is 21.9 Å². The first kappa shape index (κ1) is 24.2. The summed E-state index contributed by atoms with van der Waals surface area (Å²) in [5.41, 5.74) is 2.93. The van der Waals surface area contributed by atoms with Crippen molar-refractivity contribution >= 4 is 21.2 Å². The normalized spacial score (nSPS) is 15.3. The van der Waals surface area contributed by atoms with E-state index in [9.17, 15) is 13.2 Å². The van der Waals surface area contributed by atoms with Gasteiger partial charge in [0.25, 0.3) is 5.56 Å². The van der Waals surface area contributed by atoms with E-state index < -0.39 is 10.0 Å². The number of fused-ring (bicyclic) bond motifs is 1. The van der Waals surface area contributed by atoms with E-state index in [1.54, 1.807) is 33.8 Å². The zero-order valence-electron chi connectivity index (χ0n) is 20.7. The molecule has 194 valence electrons. The van der Waals surface area contributed by atoms with Crippen LogP contribution in [-0.2, 0) is 23.6 Å². The SMILES string of the molecule is Cn1nccc1-c1cccc(S(=O)(=O)N2CCC(c3nc4c(nnn4Cc4ccccc4)c(=O)[nH]3)CC2)c1. The van der Waals surface area contributed by atoms with Crippen LogP contribution in [0.1, 0.15) is 30.1 Å². The van der Waals surface area contributed by atoms with Gasteiger partial charge >= 0.3 is 0 Å². The molecule has 0 unspecified atom stereocenters. The van der Waals surface area contributed by atoms with E-state index in [0.29, 0.717) is 43.9 Å². The second-order valence-corrected chi connectivity index (χ2v) is 11.3. The molecule has 6 rings (SSSR count). The lowest BCUT2D eigenvalue weighted by molar-refractivity contribution is 0.313. The van der Waals surface area contributed by atoms with Gasteiger partial charge in [0, 0.05) is 37.8 Å². The number of aromatic amines is 1. The Balaban J connectivity index is 1.21. The van der Waals surface area contributed by atoms with Gasteiger partial charge in [0.1, 0.15) is 5.82 Å². The number of H-pyrrole nitrogens is 1. The van der Waals surface area contributed by atoms with Crippen molar-refractivity contribution in [3.05, 3.63) is 88.6 Å². The molecule has 0 bridgehead atoms. The quantitative estimate of drug-likeness (QED) is 0.357. The molecule has 1 aliphatic rings. The standard InChI is InChI=1S/C26H26N8O3S/c1-32-22(10-13-27-32)20-8-5-9-21(16-20)38(36,37)33-14-11-19(12-15-33)24-28-25-23(26(35)29-24)30-31-34(25)17-18-6-3-2-4-7-18/h2-10,13,16,19H,11-12,14-15,17H2,1H3,(H,28,29,35). The van der Waals surface area contributed by atoms with Crippen molar-refractivity contribution in [3.8, 4) is 11.3 Å². The topological polar surface area (TPSA) is 132 Å². The molecule has 12 heteroatoms. The maximum atomic E-state index is 13.5. The molecule has 0 saturated carbocycles. The Bertz CT molecular complexity index is 1770. The number of benzene rings is 2. The summed E-state index contributed by atoms with van der Waals surface area (Å²) in [5, 5.41) is 12.3. The zero-order chi connectivity index (χ0) is 26.3. The van der Waals surface area contributed by atoms with Gasteiger partial charge in [-0.25, -0.2) is 18.1 Å². The molecule has 0 amide bonds. The third kappa shape index (κ3) is 4.41. The number of aromatic nitrogens is 7. The lowest BCUT2D eigenvalue weighted by Gasteiger charge is -2.30. The van der Waals surface area contributed by atoms with Crippen LogP contribution in [0.2, 0.25) is 0 Å². The summed E-state index contributed by atoms with van der Waals surface area (Å²) in [6.07, 6.45) is 2.76. The van der Waals surface area contributed by atoms with Gasteiger partial charge in [-0.05, 0) is 36.6 Å². The number of hydrogen-bond acceptors (Lipinski definition) is 7. The highest BCUT2D eigenvalue weighted by Crippen LogP contribution is 2.30. The Kier molecular flexibility index (Phi) is 6.12. The minimum atomic E-state index is -3.68. The van der Waals surface area contributed by atoms with Gasteiger partial charge < -0.3 is 4.98 Å². The molecule has 0 radical (unpaired) electrons. The fourth-order valence-electron chi connectivity index (χ4n) is 4.93. The Morgan fingerprint density at radius 3 is 2.55 bits per heavy atom. The van der Waals surface area contributed by atoms with Crippen LogP contribution in [0, 0.1) is 0 Å². The van der Waals surface area contributed by atoms with E-state index in [2.05, 4.69) is 20.4 Å². The molecule has 5 aromatic rings. The molecule has 38 heavy (non-hydrogen) atoms. The smallest absolute Gasteiger partial charge is 0.281 e. The third-order valence-electron chi connectivity index (χ3n) is 7.00. The molecule has 3 aromatic heterocycles. The third-order valence-corrected chi connectivity index (χ3v) is 8.89. The van der Waals surface area contributed by atoms with E-state index >= 15 is 0 Å². The van der Waals surface area contributed by atoms with Crippen molar-refractivity contribution < 1.29 is 8.42 Å². The monoisotopic (exact) mass is 530 g/mol. The van der Waals surface area contributed by atoms with Gasteiger partial charge in [-0.15, -0.1) is 5.10 Å². The van der Waals surface area contributed by atoms with Crippen LogP contribution in [0.25, 0.3) is 22.4 Å². The van der Waals surface area contributed by atoms with E-state index in [1.807, 2.05) is 49.5 Å². The minimum absolute atomic E-state index is 0.0839. The van der Waals surface area contributed by atoms with Gasteiger partial charge in [0.05, 0.1) is 17.1 Å². The Labute approximate surface area is 218 Å². The van der Waals surface area contributed by atoms with Gasteiger partial charge in [0.15, 0.2) is 11.2 Å². The first-order chi connectivity index (χ1) is 18.4. The molecule has 4 heterocycles. The summed E-state index contributed by atoms with van der Waals surface area (Å²) >= 11 is 0. The molecule has 11 nitrogen and oxygen atoms in total. The largest absolute Gasteiger partial charge is 0.308 e. The maximum Gasteiger partial charge on any atom is 0.281 e. The Morgan fingerprint density at radius 2 is 1.82 bits per heavy atom. The van der Waals surface area contributed by atoms with Crippen LogP contribution >= 0.6 is 0 Å². The number of sulfonamides is 1. The van der Waals surface area contributed by atoms with Crippen molar-refractivity contribution in [2.45, 2.75) is 30.2 Å². The average Bonchev–Trinajstić information content (AvgIpc) is 3.56. The van der Waals surface area contributed by atoms with Crippen molar-refractivity contribution in [2.75, 3.05) is 13.1 Å². The summed E-state index contributed by atoms with van der Waals surface area (Å²) in [6.45, 7) is 1.10. The van der Waals surface area contributed by atoms with Gasteiger partial charge in [-0.1, -0.05) is 47.7 Å². The zero-order valence-corrected chi connectivity index (χ0v) is 21.5. The lowest BCUT2D eigenvalue weighted by atomic mass is 9.97. The average molecular weight is 531 g/mol. The van der Waals surface area contributed by atoms with Crippen LogP contribution in [0.3, 0.4) is 0 Å². The van der Waals surface area contributed by atoms with Crippen molar-refractivity contribution in [1.82, 2.24) is 39.0 Å². The van der Waals surface area contributed by atoms with Crippen LogP contribution in [0.5, 0.6) is 0 Å². The number of nitrogens with zero attached hydrogens (tertiary/aromatic N) is 7. The number of piperidine rings is 1. The molecule has 1 saturated heterocycles. The number of hydrogen-bond donors (Lipinski definition) is 1. The van der Waals surface area contributed by atoms with Gasteiger partial charge in [-0.3, -0.25) is 9.48 Å². The summed E-state index contributed by atoms with van der Waals surface area (Å²) in [6, 6.07) is 18.6. The molecule has 2 aromatic carbocycles. The molecule has 1 aliphatic heterocycles. The minimum Gasteiger partial charge on any atom is -0.308 e. The van der Waals surface area contributed by atoms with Crippen molar-refractivity contribution in [1.29, 1.82) is 0 Å². The lowest BCUT2D eigenvalue weighted by Crippen LogP contribution is -2.38. The molecular weight excluding hydrogens is 504 g/mol. The maximum absolute atomic E-state index is 13.5. The number of aryl methyl sites for hydroxylation is 1. The highest BCUT2D eigenvalue weighted by Gasteiger charge is 2.31. The van der Waals surface area contributed by atoms with Gasteiger partial charge in [0.2, 0.25) is 10.0 Å². The van der Waals surface area contributed by atoms with Gasteiger partial charge in [-0.2, -0.15) is 9.40 Å². The molecule has 1 fully saturated rings. The van der Waals surface area contributed by atoms with Crippen LogP contribution in [0.15, 0.2) is 76.6 Å². The first-order valence-corrected chi connectivity index (χ1v) is 13.8. The fourth-order valence-corrected chi connectivity index (χ4v) is 6.45. The molecule has 0 spiro atoms. The van der Waals surface area contributed by atoms with E-state index in [0.717, 1.165) is 16.8 Å². The number of nitrogens with one attached hydrogen (secondary N) is 1. The second kappa shape index (κ2) is 9.62. The molecule has 0 atom stereocenters. The van der Waals surface area contributed by atoms with Crippen molar-refractivity contribution in [2.24, 2.45) is 7.05 Å². The van der Waals surface area contributed by atoms with Crippen molar-refractivity contribution in [3.63, 3.8) is 0 Å². The van der Waals surface area contributed by atoms with Crippen LogP contribution < -0.4 is 5.56 Å². The van der Waals surface area contributed by atoms with E-state index in [1.165, 1.54) is 4.31 Å². The molecular formula is C26H26N8O3S. The highest BCUT2D eigenvalue weighted by atomic mass is 32.2. The fraction of sp³-hybridized carbons (Fsp3) is 0.269. The predicted octanol–water partition coefficient (Wildman–Crippen LogP) is 2.53.